The second-order valence-corrected chi connectivity index (χ2v) is 7.28. The zero-order valence-corrected chi connectivity index (χ0v) is 16.7. The Labute approximate surface area is 162 Å². The molecule has 6 heteroatoms. The van der Waals surface area contributed by atoms with Gasteiger partial charge >= 0.3 is 0 Å². The van der Waals surface area contributed by atoms with Gasteiger partial charge in [0.25, 0.3) is 0 Å². The Kier molecular flexibility index (Phi) is 7.51. The summed E-state index contributed by atoms with van der Waals surface area (Å²) in [5.41, 5.74) is 2.25. The first-order valence-corrected chi connectivity index (χ1v) is 10.2. The SMILES string of the molecule is CCNC(=NCCCn1cnc2ccccc21)N(C)CCC1CCOCC1. The number of guanidine groups is 1. The van der Waals surface area contributed by atoms with E-state index in [9.17, 15) is 0 Å². The molecule has 1 fully saturated rings. The number of fused-ring (bicyclic) bond motifs is 1. The molecular formula is C21H33N5O. The van der Waals surface area contributed by atoms with E-state index < -0.39 is 0 Å². The van der Waals surface area contributed by atoms with Crippen LogP contribution >= 0.6 is 0 Å². The van der Waals surface area contributed by atoms with Crippen LogP contribution in [0.4, 0.5) is 0 Å². The van der Waals surface area contributed by atoms with Crippen LogP contribution in [0.3, 0.4) is 0 Å². The quantitative estimate of drug-likeness (QED) is 0.440. The first kappa shape index (κ1) is 19.7. The van der Waals surface area contributed by atoms with E-state index in [1.807, 2.05) is 12.4 Å². The van der Waals surface area contributed by atoms with Crippen LogP contribution in [-0.4, -0.2) is 60.3 Å². The van der Waals surface area contributed by atoms with E-state index >= 15 is 0 Å². The number of nitrogens with zero attached hydrogens (tertiary/aromatic N) is 4. The average molecular weight is 372 g/mol. The topological polar surface area (TPSA) is 54.7 Å². The lowest BCUT2D eigenvalue weighted by molar-refractivity contribution is 0.0625. The smallest absolute Gasteiger partial charge is 0.193 e. The van der Waals surface area contributed by atoms with Gasteiger partial charge in [0, 0.05) is 46.4 Å². The molecule has 27 heavy (non-hydrogen) atoms. The van der Waals surface area contributed by atoms with Crippen molar-refractivity contribution < 1.29 is 4.74 Å². The molecule has 0 radical (unpaired) electrons. The van der Waals surface area contributed by atoms with Gasteiger partial charge in [0.15, 0.2) is 5.96 Å². The van der Waals surface area contributed by atoms with Crippen molar-refractivity contribution in [1.29, 1.82) is 0 Å². The van der Waals surface area contributed by atoms with E-state index in [2.05, 4.69) is 51.9 Å². The third kappa shape index (κ3) is 5.70. The number of hydrogen-bond donors (Lipinski definition) is 1. The van der Waals surface area contributed by atoms with Gasteiger partial charge in [-0.25, -0.2) is 4.98 Å². The summed E-state index contributed by atoms with van der Waals surface area (Å²) in [6.45, 7) is 7.66. The highest BCUT2D eigenvalue weighted by molar-refractivity contribution is 5.79. The minimum absolute atomic E-state index is 0.790. The van der Waals surface area contributed by atoms with Crippen molar-refractivity contribution in [3.8, 4) is 0 Å². The molecule has 1 saturated heterocycles. The van der Waals surface area contributed by atoms with Crippen molar-refractivity contribution in [2.24, 2.45) is 10.9 Å². The molecule has 0 bridgehead atoms. The van der Waals surface area contributed by atoms with Gasteiger partial charge in [0.05, 0.1) is 17.4 Å². The Morgan fingerprint density at radius 2 is 2.15 bits per heavy atom. The van der Waals surface area contributed by atoms with Crippen LogP contribution in [0.5, 0.6) is 0 Å². The van der Waals surface area contributed by atoms with Crippen molar-refractivity contribution in [3.63, 3.8) is 0 Å². The van der Waals surface area contributed by atoms with Gasteiger partial charge in [-0.3, -0.25) is 4.99 Å². The number of aromatic nitrogens is 2. The Morgan fingerprint density at radius 3 is 2.96 bits per heavy atom. The monoisotopic (exact) mass is 371 g/mol. The summed E-state index contributed by atoms with van der Waals surface area (Å²) in [4.78, 5) is 11.6. The number of aryl methyl sites for hydroxylation is 1. The largest absolute Gasteiger partial charge is 0.381 e. The highest BCUT2D eigenvalue weighted by Gasteiger charge is 2.15. The average Bonchev–Trinajstić information content (AvgIpc) is 3.12. The minimum Gasteiger partial charge on any atom is -0.381 e. The number of nitrogens with one attached hydrogen (secondary N) is 1. The molecule has 1 aliphatic rings. The fourth-order valence-corrected chi connectivity index (χ4v) is 3.60. The maximum atomic E-state index is 5.46. The molecule has 1 N–H and O–H groups in total. The van der Waals surface area contributed by atoms with Crippen molar-refractivity contribution in [2.75, 3.05) is 39.9 Å². The lowest BCUT2D eigenvalue weighted by atomic mass is 9.96. The molecule has 0 unspecified atom stereocenters. The summed E-state index contributed by atoms with van der Waals surface area (Å²) >= 11 is 0. The van der Waals surface area contributed by atoms with Gasteiger partial charge in [-0.1, -0.05) is 12.1 Å². The number of aliphatic imine (C=N–C) groups is 1. The van der Waals surface area contributed by atoms with Gasteiger partial charge in [-0.15, -0.1) is 0 Å². The first-order chi connectivity index (χ1) is 13.3. The van der Waals surface area contributed by atoms with Crippen molar-refractivity contribution in [2.45, 2.75) is 39.2 Å². The number of imidazole rings is 1. The van der Waals surface area contributed by atoms with Crippen LogP contribution < -0.4 is 5.32 Å². The first-order valence-electron chi connectivity index (χ1n) is 10.2. The molecule has 0 saturated carbocycles. The zero-order valence-electron chi connectivity index (χ0n) is 16.7. The van der Waals surface area contributed by atoms with Gasteiger partial charge < -0.3 is 19.5 Å². The van der Waals surface area contributed by atoms with Gasteiger partial charge in [0.2, 0.25) is 0 Å². The maximum Gasteiger partial charge on any atom is 0.193 e. The van der Waals surface area contributed by atoms with E-state index in [0.29, 0.717) is 0 Å². The standard InChI is InChI=1S/C21H33N5O/c1-3-22-21(25(2)14-9-18-10-15-27-16-11-18)23-12-6-13-26-17-24-19-7-4-5-8-20(19)26/h4-5,7-8,17-18H,3,6,9-16H2,1-2H3,(H,22,23). The van der Waals surface area contributed by atoms with Gasteiger partial charge in [0.1, 0.15) is 0 Å². The van der Waals surface area contributed by atoms with Crippen molar-refractivity contribution >= 4 is 17.0 Å². The predicted molar refractivity (Wildman–Crippen MR) is 111 cm³/mol. The van der Waals surface area contributed by atoms with E-state index in [-0.39, 0.29) is 0 Å². The molecule has 2 aromatic rings. The summed E-state index contributed by atoms with van der Waals surface area (Å²) in [5, 5.41) is 3.43. The minimum atomic E-state index is 0.790. The molecule has 1 aromatic carbocycles. The molecule has 1 aromatic heterocycles. The summed E-state index contributed by atoms with van der Waals surface area (Å²) in [7, 11) is 2.14. The normalized spacial score (nSPS) is 16.0. The predicted octanol–water partition coefficient (Wildman–Crippen LogP) is 3.14. The molecule has 0 aliphatic carbocycles. The number of para-hydroxylation sites is 2. The number of ether oxygens (including phenoxy) is 1. The molecule has 1 aliphatic heterocycles. The Morgan fingerprint density at radius 1 is 1.33 bits per heavy atom. The zero-order chi connectivity index (χ0) is 18.9. The molecule has 2 heterocycles. The number of rotatable bonds is 8. The third-order valence-electron chi connectivity index (χ3n) is 5.26. The Bertz CT molecular complexity index is 720. The number of hydrogen-bond acceptors (Lipinski definition) is 3. The lowest BCUT2D eigenvalue weighted by Crippen LogP contribution is -2.40. The summed E-state index contributed by atoms with van der Waals surface area (Å²) < 4.78 is 7.67. The Hall–Kier alpha value is -2.08. The fraction of sp³-hybridized carbons (Fsp3) is 0.619. The molecule has 3 rings (SSSR count). The van der Waals surface area contributed by atoms with Crippen LogP contribution in [0.15, 0.2) is 35.6 Å². The van der Waals surface area contributed by atoms with Crippen LogP contribution in [0.1, 0.15) is 32.6 Å². The van der Waals surface area contributed by atoms with Crippen LogP contribution in [0.25, 0.3) is 11.0 Å². The summed E-state index contributed by atoms with van der Waals surface area (Å²) in [5.74, 6) is 1.80. The summed E-state index contributed by atoms with van der Waals surface area (Å²) in [6.07, 6.45) is 6.54. The molecule has 6 nitrogen and oxygen atoms in total. The van der Waals surface area contributed by atoms with E-state index in [0.717, 1.165) is 63.2 Å². The van der Waals surface area contributed by atoms with Crippen molar-refractivity contribution in [3.05, 3.63) is 30.6 Å². The maximum absolute atomic E-state index is 5.46. The Balaban J connectivity index is 1.47. The molecule has 0 amide bonds. The van der Waals surface area contributed by atoms with E-state index in [4.69, 9.17) is 9.73 Å². The van der Waals surface area contributed by atoms with Gasteiger partial charge in [-0.05, 0) is 50.7 Å². The molecular weight excluding hydrogens is 338 g/mol. The highest BCUT2D eigenvalue weighted by atomic mass is 16.5. The van der Waals surface area contributed by atoms with Crippen molar-refractivity contribution in [1.82, 2.24) is 19.8 Å². The molecule has 148 valence electrons. The second kappa shape index (κ2) is 10.3. The summed E-state index contributed by atoms with van der Waals surface area (Å²) in [6, 6.07) is 8.28. The van der Waals surface area contributed by atoms with E-state index in [1.165, 1.54) is 24.8 Å². The lowest BCUT2D eigenvalue weighted by Gasteiger charge is -2.26. The fourth-order valence-electron chi connectivity index (χ4n) is 3.60. The third-order valence-corrected chi connectivity index (χ3v) is 5.26. The van der Waals surface area contributed by atoms with E-state index in [1.54, 1.807) is 0 Å². The van der Waals surface area contributed by atoms with Crippen LogP contribution in [-0.2, 0) is 11.3 Å². The molecule has 0 spiro atoms. The van der Waals surface area contributed by atoms with Crippen LogP contribution in [0.2, 0.25) is 0 Å². The second-order valence-electron chi connectivity index (χ2n) is 7.28. The van der Waals surface area contributed by atoms with Crippen LogP contribution in [0, 0.1) is 5.92 Å². The highest BCUT2D eigenvalue weighted by Crippen LogP contribution is 2.18. The van der Waals surface area contributed by atoms with Gasteiger partial charge in [-0.2, -0.15) is 0 Å². The molecule has 0 atom stereocenters. The number of benzene rings is 1.